The Morgan fingerprint density at radius 1 is 1.05 bits per heavy atom. The molecular weight excluding hydrogens is 287 g/mol. The number of halogens is 1. The van der Waals surface area contributed by atoms with Crippen LogP contribution < -0.4 is 15.2 Å². The normalized spacial score (nSPS) is 10.7. The maximum absolute atomic E-state index is 14.4. The molecule has 22 heavy (non-hydrogen) atoms. The number of fused-ring (bicyclic) bond motifs is 1. The Morgan fingerprint density at radius 2 is 1.73 bits per heavy atom. The van der Waals surface area contributed by atoms with Crippen LogP contribution in [0.15, 0.2) is 41.3 Å². The molecule has 0 atom stereocenters. The monoisotopic (exact) mass is 300 g/mol. The molecule has 0 bridgehead atoms. The van der Waals surface area contributed by atoms with E-state index in [1.807, 2.05) is 0 Å². The quantitative estimate of drug-likeness (QED) is 0.808. The van der Waals surface area contributed by atoms with Gasteiger partial charge in [-0.3, -0.25) is 0 Å². The highest BCUT2D eigenvalue weighted by atomic mass is 19.1. The molecule has 2 aromatic carbocycles. The van der Waals surface area contributed by atoms with Crippen LogP contribution in [0.4, 0.5) is 4.39 Å². The molecule has 5 nitrogen and oxygen atoms in total. The number of aromatic nitrogens is 2. The van der Waals surface area contributed by atoms with Crippen LogP contribution in [-0.4, -0.2) is 24.2 Å². The van der Waals surface area contributed by atoms with E-state index in [4.69, 9.17) is 9.47 Å². The summed E-state index contributed by atoms with van der Waals surface area (Å²) in [5.74, 6) is 0.673. The second kappa shape index (κ2) is 5.48. The molecule has 0 saturated heterocycles. The summed E-state index contributed by atoms with van der Waals surface area (Å²) in [5.41, 5.74) is 0.874. The molecule has 3 aromatic rings. The largest absolute Gasteiger partial charge is 0.497 e. The first kappa shape index (κ1) is 14.1. The number of H-pyrrole nitrogens is 1. The highest BCUT2D eigenvalue weighted by molar-refractivity contribution is 5.84. The number of rotatable bonds is 3. The van der Waals surface area contributed by atoms with Gasteiger partial charge in [0.25, 0.3) is 0 Å². The Kier molecular flexibility index (Phi) is 3.50. The molecule has 0 radical (unpaired) electrons. The number of nitrogens with one attached hydrogen (secondary N) is 1. The minimum atomic E-state index is -0.511. The van der Waals surface area contributed by atoms with Crippen molar-refractivity contribution in [2.75, 3.05) is 14.2 Å². The molecule has 1 aromatic heterocycles. The van der Waals surface area contributed by atoms with E-state index in [2.05, 4.69) is 9.97 Å². The first-order chi connectivity index (χ1) is 10.6. The van der Waals surface area contributed by atoms with E-state index < -0.39 is 11.5 Å². The Balaban J connectivity index is 2.23. The third-order valence-corrected chi connectivity index (χ3v) is 3.36. The smallest absolute Gasteiger partial charge is 0.345 e. The lowest BCUT2D eigenvalue weighted by Gasteiger charge is -2.10. The summed E-state index contributed by atoms with van der Waals surface area (Å²) >= 11 is 0. The Hall–Kier alpha value is -2.89. The van der Waals surface area contributed by atoms with Crippen molar-refractivity contribution in [3.8, 4) is 22.6 Å². The second-order valence-electron chi connectivity index (χ2n) is 4.71. The zero-order valence-corrected chi connectivity index (χ0v) is 12.0. The zero-order chi connectivity index (χ0) is 15.7. The van der Waals surface area contributed by atoms with E-state index in [0.29, 0.717) is 33.5 Å². The van der Waals surface area contributed by atoms with E-state index in [1.54, 1.807) is 24.3 Å². The van der Waals surface area contributed by atoms with Crippen molar-refractivity contribution < 1.29 is 13.9 Å². The van der Waals surface area contributed by atoms with Gasteiger partial charge in [-0.15, -0.1) is 0 Å². The predicted molar refractivity (Wildman–Crippen MR) is 80.9 cm³/mol. The fraction of sp³-hybridized carbons (Fsp3) is 0.125. The van der Waals surface area contributed by atoms with E-state index >= 15 is 0 Å². The first-order valence-electron chi connectivity index (χ1n) is 6.53. The summed E-state index contributed by atoms with van der Waals surface area (Å²) in [7, 11) is 3.06. The summed E-state index contributed by atoms with van der Waals surface area (Å²) in [6.07, 6.45) is 1.41. The molecule has 112 valence electrons. The molecule has 0 aliphatic rings. The van der Waals surface area contributed by atoms with Gasteiger partial charge in [-0.1, -0.05) is 0 Å². The maximum atomic E-state index is 14.4. The summed E-state index contributed by atoms with van der Waals surface area (Å²) in [6.45, 7) is 0. The van der Waals surface area contributed by atoms with Crippen LogP contribution >= 0.6 is 0 Å². The summed E-state index contributed by atoms with van der Waals surface area (Å²) < 4.78 is 24.8. The lowest BCUT2D eigenvalue weighted by molar-refractivity contribution is 0.394. The Bertz CT molecular complexity index is 883. The Labute approximate surface area is 125 Å². The molecule has 0 fully saturated rings. The first-order valence-corrected chi connectivity index (χ1v) is 6.53. The van der Waals surface area contributed by atoms with Crippen molar-refractivity contribution in [2.45, 2.75) is 0 Å². The van der Waals surface area contributed by atoms with Crippen LogP contribution in [0, 0.1) is 5.82 Å². The number of methoxy groups -OCH3 is 2. The number of ether oxygens (including phenoxy) is 2. The maximum Gasteiger partial charge on any atom is 0.345 e. The molecule has 6 heteroatoms. The standard InChI is InChI=1S/C16H13FN2O3/c1-21-11-3-9(4-12(6-11)22-2)13-5-10-8-18-16(20)19-15(10)7-14(13)17/h3-8H,1-2H3,(H,18,19,20). The van der Waals surface area contributed by atoms with Gasteiger partial charge in [0.05, 0.1) is 19.7 Å². The van der Waals surface area contributed by atoms with Crippen LogP contribution in [0.3, 0.4) is 0 Å². The fourth-order valence-electron chi connectivity index (χ4n) is 2.26. The SMILES string of the molecule is COc1cc(OC)cc(-c2cc3cnc(=O)[nH]c3cc2F)c1. The van der Waals surface area contributed by atoms with Crippen molar-refractivity contribution in [3.63, 3.8) is 0 Å². The molecule has 3 rings (SSSR count). The zero-order valence-electron chi connectivity index (χ0n) is 12.0. The van der Waals surface area contributed by atoms with Gasteiger partial charge in [-0.05, 0) is 29.8 Å². The van der Waals surface area contributed by atoms with Gasteiger partial charge >= 0.3 is 5.69 Å². The summed E-state index contributed by atoms with van der Waals surface area (Å²) in [5, 5.41) is 0.637. The van der Waals surface area contributed by atoms with Crippen LogP contribution in [0.2, 0.25) is 0 Å². The lowest BCUT2D eigenvalue weighted by Crippen LogP contribution is -2.08. The van der Waals surface area contributed by atoms with Crippen molar-refractivity contribution in [1.82, 2.24) is 9.97 Å². The molecule has 1 N–H and O–H groups in total. The van der Waals surface area contributed by atoms with Crippen LogP contribution in [0.1, 0.15) is 0 Å². The molecule has 0 aliphatic carbocycles. The van der Waals surface area contributed by atoms with E-state index in [-0.39, 0.29) is 0 Å². The average Bonchev–Trinajstić information content (AvgIpc) is 2.53. The number of benzene rings is 2. The van der Waals surface area contributed by atoms with Crippen molar-refractivity contribution in [2.24, 2.45) is 0 Å². The topological polar surface area (TPSA) is 64.2 Å². The molecule has 0 saturated carbocycles. The second-order valence-corrected chi connectivity index (χ2v) is 4.71. The van der Waals surface area contributed by atoms with Crippen LogP contribution in [0.5, 0.6) is 11.5 Å². The number of aromatic amines is 1. The van der Waals surface area contributed by atoms with Gasteiger partial charge in [0.2, 0.25) is 0 Å². The van der Waals surface area contributed by atoms with Gasteiger partial charge in [0, 0.05) is 23.2 Å². The van der Waals surface area contributed by atoms with Gasteiger partial charge < -0.3 is 14.5 Å². The third-order valence-electron chi connectivity index (χ3n) is 3.36. The third kappa shape index (κ3) is 2.50. The molecule has 0 amide bonds. The minimum Gasteiger partial charge on any atom is -0.497 e. The van der Waals surface area contributed by atoms with Crippen LogP contribution in [0.25, 0.3) is 22.0 Å². The predicted octanol–water partition coefficient (Wildman–Crippen LogP) is 2.75. The molecular formula is C16H13FN2O3. The highest BCUT2D eigenvalue weighted by Crippen LogP contribution is 2.32. The fourth-order valence-corrected chi connectivity index (χ4v) is 2.26. The lowest BCUT2D eigenvalue weighted by atomic mass is 10.0. The van der Waals surface area contributed by atoms with Gasteiger partial charge in [-0.2, -0.15) is 0 Å². The van der Waals surface area contributed by atoms with Gasteiger partial charge in [-0.25, -0.2) is 14.2 Å². The van der Waals surface area contributed by atoms with E-state index in [0.717, 1.165) is 0 Å². The number of nitrogens with zero attached hydrogens (tertiary/aromatic N) is 1. The molecule has 1 heterocycles. The average molecular weight is 300 g/mol. The minimum absolute atomic E-state index is 0.374. The molecule has 0 spiro atoms. The van der Waals surface area contributed by atoms with E-state index in [9.17, 15) is 9.18 Å². The number of hydrogen-bond acceptors (Lipinski definition) is 4. The summed E-state index contributed by atoms with van der Waals surface area (Å²) in [4.78, 5) is 17.3. The Morgan fingerprint density at radius 3 is 2.36 bits per heavy atom. The van der Waals surface area contributed by atoms with Crippen molar-refractivity contribution in [3.05, 3.63) is 52.8 Å². The van der Waals surface area contributed by atoms with Crippen molar-refractivity contribution >= 4 is 10.9 Å². The number of hydrogen-bond donors (Lipinski definition) is 1. The van der Waals surface area contributed by atoms with Crippen molar-refractivity contribution in [1.29, 1.82) is 0 Å². The molecule has 0 aliphatic heterocycles. The van der Waals surface area contributed by atoms with Gasteiger partial charge in [0.15, 0.2) is 0 Å². The highest BCUT2D eigenvalue weighted by Gasteiger charge is 2.11. The summed E-state index contributed by atoms with van der Waals surface area (Å²) in [6, 6.07) is 8.04. The molecule has 0 unspecified atom stereocenters. The van der Waals surface area contributed by atoms with Crippen LogP contribution in [-0.2, 0) is 0 Å². The van der Waals surface area contributed by atoms with E-state index in [1.165, 1.54) is 26.5 Å². The van der Waals surface area contributed by atoms with Gasteiger partial charge in [0.1, 0.15) is 17.3 Å².